The van der Waals surface area contributed by atoms with Gasteiger partial charge in [0.1, 0.15) is 16.7 Å². The Morgan fingerprint density at radius 3 is 3.00 bits per heavy atom. The van der Waals surface area contributed by atoms with Gasteiger partial charge < -0.3 is 19.6 Å². The minimum absolute atomic E-state index is 0.0322. The van der Waals surface area contributed by atoms with Crippen LogP contribution in [-0.2, 0) is 6.42 Å². The summed E-state index contributed by atoms with van der Waals surface area (Å²) in [4.78, 5) is 7.29. The number of aromatic amines is 1. The second-order valence-corrected chi connectivity index (χ2v) is 4.27. The Morgan fingerprint density at radius 1 is 1.33 bits per heavy atom. The number of rotatable bonds is 3. The maximum absolute atomic E-state index is 8.88. The maximum Gasteiger partial charge on any atom is 0.231 e. The summed E-state index contributed by atoms with van der Waals surface area (Å²) < 4.78 is 10.6. The summed E-state index contributed by atoms with van der Waals surface area (Å²) in [6.07, 6.45) is 0.449. The first-order valence-corrected chi connectivity index (χ1v) is 5.91. The number of fused-ring (bicyclic) bond motifs is 1. The fourth-order valence-electron chi connectivity index (χ4n) is 1.86. The number of benzene rings is 1. The van der Waals surface area contributed by atoms with E-state index in [1.165, 1.54) is 0 Å². The van der Waals surface area contributed by atoms with Gasteiger partial charge in [0.15, 0.2) is 11.5 Å². The van der Waals surface area contributed by atoms with E-state index in [1.54, 1.807) is 0 Å². The number of aliphatic hydroxyl groups is 1. The summed E-state index contributed by atoms with van der Waals surface area (Å²) in [5.41, 5.74) is 1.50. The molecule has 0 radical (unpaired) electrons. The molecule has 3 rings (SSSR count). The molecule has 0 saturated heterocycles. The van der Waals surface area contributed by atoms with Gasteiger partial charge in [-0.2, -0.15) is 0 Å². The number of nitrogens with zero attached hydrogens (tertiary/aromatic N) is 1. The lowest BCUT2D eigenvalue weighted by atomic mass is 10.1. The van der Waals surface area contributed by atoms with Crippen molar-refractivity contribution < 1.29 is 14.6 Å². The van der Waals surface area contributed by atoms with Crippen molar-refractivity contribution in [3.63, 3.8) is 0 Å². The van der Waals surface area contributed by atoms with Crippen molar-refractivity contribution in [3.8, 4) is 22.8 Å². The Hall–Kier alpha value is -1.72. The predicted molar refractivity (Wildman–Crippen MR) is 65.9 cm³/mol. The van der Waals surface area contributed by atoms with E-state index in [1.807, 2.05) is 18.2 Å². The van der Waals surface area contributed by atoms with Gasteiger partial charge in [-0.25, -0.2) is 4.98 Å². The molecule has 0 aliphatic carbocycles. The SMILES string of the molecule is OCCc1nc(-c2ccc3c(c2)OCO3)c(Cl)[nH]1. The van der Waals surface area contributed by atoms with Crippen LogP contribution in [0.3, 0.4) is 0 Å². The second-order valence-electron chi connectivity index (χ2n) is 3.89. The number of nitrogens with one attached hydrogen (secondary N) is 1. The summed E-state index contributed by atoms with van der Waals surface area (Å²) in [5.74, 6) is 2.08. The minimum Gasteiger partial charge on any atom is -0.454 e. The summed E-state index contributed by atoms with van der Waals surface area (Å²) in [6.45, 7) is 0.271. The van der Waals surface area contributed by atoms with Crippen LogP contribution >= 0.6 is 11.6 Å². The molecule has 6 heteroatoms. The second kappa shape index (κ2) is 4.51. The Morgan fingerprint density at radius 2 is 2.17 bits per heavy atom. The van der Waals surface area contributed by atoms with Crippen LogP contribution in [0, 0.1) is 0 Å². The molecule has 1 aliphatic rings. The van der Waals surface area contributed by atoms with Gasteiger partial charge in [0, 0.05) is 12.0 Å². The lowest BCUT2D eigenvalue weighted by Gasteiger charge is -2.00. The summed E-state index contributed by atoms with van der Waals surface area (Å²) in [6, 6.07) is 5.54. The van der Waals surface area contributed by atoms with Gasteiger partial charge >= 0.3 is 0 Å². The number of aliphatic hydroxyl groups excluding tert-OH is 1. The number of hydrogen-bond donors (Lipinski definition) is 2. The normalized spacial score (nSPS) is 13.0. The van der Waals surface area contributed by atoms with Crippen molar-refractivity contribution in [1.82, 2.24) is 9.97 Å². The lowest BCUT2D eigenvalue weighted by Crippen LogP contribution is -1.93. The molecule has 2 aromatic rings. The van der Waals surface area contributed by atoms with Crippen LogP contribution in [0.2, 0.25) is 5.15 Å². The van der Waals surface area contributed by atoms with Gasteiger partial charge in [0.2, 0.25) is 6.79 Å². The van der Waals surface area contributed by atoms with E-state index < -0.39 is 0 Å². The van der Waals surface area contributed by atoms with Gasteiger partial charge in [-0.3, -0.25) is 0 Å². The van der Waals surface area contributed by atoms with Crippen molar-refractivity contribution in [2.45, 2.75) is 6.42 Å². The Bertz CT molecular complexity index is 583. The van der Waals surface area contributed by atoms with Gasteiger partial charge in [-0.1, -0.05) is 11.6 Å². The summed E-state index contributed by atoms with van der Waals surface area (Å²) in [7, 11) is 0. The van der Waals surface area contributed by atoms with Crippen LogP contribution in [0.15, 0.2) is 18.2 Å². The molecule has 0 unspecified atom stereocenters. The molecule has 18 heavy (non-hydrogen) atoms. The third-order valence-electron chi connectivity index (χ3n) is 2.70. The molecule has 1 aromatic heterocycles. The Labute approximate surface area is 108 Å². The van der Waals surface area contributed by atoms with Crippen LogP contribution in [0.5, 0.6) is 11.5 Å². The van der Waals surface area contributed by atoms with E-state index >= 15 is 0 Å². The molecule has 0 atom stereocenters. The number of H-pyrrole nitrogens is 1. The van der Waals surface area contributed by atoms with Crippen LogP contribution in [0.25, 0.3) is 11.3 Å². The molecule has 0 fully saturated rings. The first kappa shape index (κ1) is 11.4. The molecule has 1 aromatic carbocycles. The number of ether oxygens (including phenoxy) is 2. The predicted octanol–water partition coefficient (Wildman–Crippen LogP) is 1.99. The molecule has 5 nitrogen and oxygen atoms in total. The largest absolute Gasteiger partial charge is 0.454 e. The molecule has 0 saturated carbocycles. The molecule has 2 N–H and O–H groups in total. The number of aromatic nitrogens is 2. The van der Waals surface area contributed by atoms with E-state index in [0.717, 1.165) is 11.3 Å². The molecular formula is C12H11ClN2O3. The highest BCUT2D eigenvalue weighted by Gasteiger charge is 2.17. The molecule has 0 bridgehead atoms. The number of halogens is 1. The van der Waals surface area contributed by atoms with Crippen molar-refractivity contribution in [3.05, 3.63) is 29.2 Å². The lowest BCUT2D eigenvalue weighted by molar-refractivity contribution is 0.174. The fourth-order valence-corrected chi connectivity index (χ4v) is 2.12. The monoisotopic (exact) mass is 266 g/mol. The highest BCUT2D eigenvalue weighted by Crippen LogP contribution is 2.37. The Kier molecular flexibility index (Phi) is 2.85. The quantitative estimate of drug-likeness (QED) is 0.892. The molecule has 94 valence electrons. The van der Waals surface area contributed by atoms with Crippen molar-refractivity contribution in [2.24, 2.45) is 0 Å². The molecule has 0 spiro atoms. The van der Waals surface area contributed by atoms with Crippen LogP contribution in [0.1, 0.15) is 5.82 Å². The number of hydrogen-bond acceptors (Lipinski definition) is 4. The number of imidazole rings is 1. The van der Waals surface area contributed by atoms with Gasteiger partial charge in [0.05, 0.1) is 6.61 Å². The molecule has 2 heterocycles. The zero-order valence-corrected chi connectivity index (χ0v) is 10.2. The molecular weight excluding hydrogens is 256 g/mol. The van der Waals surface area contributed by atoms with E-state index in [0.29, 0.717) is 28.8 Å². The minimum atomic E-state index is 0.0322. The van der Waals surface area contributed by atoms with E-state index in [2.05, 4.69) is 9.97 Å². The van der Waals surface area contributed by atoms with Crippen molar-refractivity contribution in [2.75, 3.05) is 13.4 Å². The molecule has 0 amide bonds. The smallest absolute Gasteiger partial charge is 0.231 e. The average molecular weight is 267 g/mol. The van der Waals surface area contributed by atoms with Gasteiger partial charge in [-0.15, -0.1) is 0 Å². The zero-order valence-electron chi connectivity index (χ0n) is 9.44. The van der Waals surface area contributed by atoms with Gasteiger partial charge in [-0.05, 0) is 18.2 Å². The average Bonchev–Trinajstić information content (AvgIpc) is 2.95. The first-order valence-electron chi connectivity index (χ1n) is 5.53. The third-order valence-corrected chi connectivity index (χ3v) is 2.98. The molecule has 1 aliphatic heterocycles. The third kappa shape index (κ3) is 1.91. The summed E-state index contributed by atoms with van der Waals surface area (Å²) in [5, 5.41) is 9.33. The topological polar surface area (TPSA) is 67.4 Å². The standard InChI is InChI=1S/C12H11ClN2O3/c13-12-11(14-10(15-12)3-4-16)7-1-2-8-9(5-7)18-6-17-8/h1-2,5,16H,3-4,6H2,(H,14,15). The van der Waals surface area contributed by atoms with E-state index in [-0.39, 0.29) is 13.4 Å². The summed E-state index contributed by atoms with van der Waals surface area (Å²) >= 11 is 6.09. The van der Waals surface area contributed by atoms with Crippen LogP contribution in [0.4, 0.5) is 0 Å². The van der Waals surface area contributed by atoms with E-state index in [4.69, 9.17) is 26.2 Å². The maximum atomic E-state index is 8.88. The zero-order chi connectivity index (χ0) is 12.5. The van der Waals surface area contributed by atoms with Crippen molar-refractivity contribution in [1.29, 1.82) is 0 Å². The van der Waals surface area contributed by atoms with Crippen molar-refractivity contribution >= 4 is 11.6 Å². The highest BCUT2D eigenvalue weighted by atomic mass is 35.5. The van der Waals surface area contributed by atoms with Gasteiger partial charge in [0.25, 0.3) is 0 Å². The van der Waals surface area contributed by atoms with Crippen LogP contribution < -0.4 is 9.47 Å². The Balaban J connectivity index is 1.99. The highest BCUT2D eigenvalue weighted by molar-refractivity contribution is 6.31. The first-order chi connectivity index (χ1) is 8.78. The fraction of sp³-hybridized carbons (Fsp3) is 0.250. The van der Waals surface area contributed by atoms with E-state index in [9.17, 15) is 0 Å². The van der Waals surface area contributed by atoms with Crippen LogP contribution in [-0.4, -0.2) is 28.5 Å².